The second-order valence-electron chi connectivity index (χ2n) is 3.80. The van der Waals surface area contributed by atoms with E-state index in [1.807, 2.05) is 5.32 Å². The van der Waals surface area contributed by atoms with Crippen molar-refractivity contribution in [3.05, 3.63) is 32.9 Å². The number of aliphatic carboxylic acids is 1. The summed E-state index contributed by atoms with van der Waals surface area (Å²) >= 11 is 0. The lowest BCUT2D eigenvalue weighted by Gasteiger charge is -2.12. The number of amides is 1. The summed E-state index contributed by atoms with van der Waals surface area (Å²) in [7, 11) is 0. The fraction of sp³-hybridized carbons (Fsp3) is 0.300. The summed E-state index contributed by atoms with van der Waals surface area (Å²) in [5, 5.41) is 10.8. The first-order valence-corrected chi connectivity index (χ1v) is 5.27. The van der Waals surface area contributed by atoms with E-state index in [0.29, 0.717) is 6.20 Å². The van der Waals surface area contributed by atoms with Crippen LogP contribution in [0.1, 0.15) is 18.1 Å². The third-order valence-electron chi connectivity index (χ3n) is 2.22. The number of carboxylic acids is 1. The van der Waals surface area contributed by atoms with Crippen LogP contribution in [0, 0.1) is 5.82 Å². The number of aromatic amines is 1. The number of rotatable bonds is 4. The minimum Gasteiger partial charge on any atom is -0.480 e. The van der Waals surface area contributed by atoms with Crippen molar-refractivity contribution >= 4 is 17.8 Å². The zero-order chi connectivity index (χ0) is 15.4. The maximum atomic E-state index is 13.0. The normalized spacial score (nSPS) is 11.7. The van der Waals surface area contributed by atoms with Crippen LogP contribution >= 0.6 is 0 Å². The highest BCUT2D eigenvalue weighted by Crippen LogP contribution is 1.97. The van der Waals surface area contributed by atoms with Crippen LogP contribution in [0.3, 0.4) is 0 Å². The van der Waals surface area contributed by atoms with Crippen LogP contribution < -0.4 is 16.6 Å². The fourth-order valence-electron chi connectivity index (χ4n) is 1.35. The highest BCUT2D eigenvalue weighted by molar-refractivity contribution is 5.88. The maximum Gasteiger partial charge on any atom is 0.335 e. The van der Waals surface area contributed by atoms with Gasteiger partial charge >= 0.3 is 11.7 Å². The average Bonchev–Trinajstić information content (AvgIpc) is 2.32. The van der Waals surface area contributed by atoms with Crippen molar-refractivity contribution in [3.63, 3.8) is 0 Å². The molecule has 1 unspecified atom stereocenters. The van der Waals surface area contributed by atoms with Gasteiger partial charge in [0.1, 0.15) is 6.04 Å². The predicted molar refractivity (Wildman–Crippen MR) is 61.8 cm³/mol. The first kappa shape index (κ1) is 15.3. The van der Waals surface area contributed by atoms with Crippen LogP contribution in [-0.4, -0.2) is 38.5 Å². The van der Waals surface area contributed by atoms with Crippen molar-refractivity contribution in [2.45, 2.75) is 19.4 Å². The minimum atomic E-state index is -1.57. The summed E-state index contributed by atoms with van der Waals surface area (Å²) < 4.78 is 13.2. The molecule has 0 saturated heterocycles. The van der Waals surface area contributed by atoms with Crippen molar-refractivity contribution in [3.8, 4) is 0 Å². The molecular formula is C10H10FN3O6. The van der Waals surface area contributed by atoms with E-state index in [9.17, 15) is 28.4 Å². The van der Waals surface area contributed by atoms with Crippen LogP contribution in [0.2, 0.25) is 0 Å². The number of aromatic nitrogens is 2. The molecule has 1 aromatic heterocycles. The van der Waals surface area contributed by atoms with Gasteiger partial charge in [-0.1, -0.05) is 0 Å². The number of nitrogens with zero attached hydrogens (tertiary/aromatic N) is 1. The molecule has 0 aromatic carbocycles. The zero-order valence-electron chi connectivity index (χ0n) is 10.2. The summed E-state index contributed by atoms with van der Waals surface area (Å²) in [5.74, 6) is -4.65. The number of nitrogens with one attached hydrogen (secondary N) is 2. The molecule has 1 atom stereocenters. The lowest BCUT2D eigenvalue weighted by Crippen LogP contribution is -2.44. The SMILES string of the molecule is CC(=O)NC(CC(=O)n1cc(F)c(=O)[nH]c1=O)C(=O)O. The summed E-state index contributed by atoms with van der Waals surface area (Å²) in [4.78, 5) is 56.9. The van der Waals surface area contributed by atoms with Gasteiger partial charge in [-0.2, -0.15) is 4.39 Å². The Morgan fingerprint density at radius 1 is 1.45 bits per heavy atom. The number of hydrogen-bond acceptors (Lipinski definition) is 5. The van der Waals surface area contributed by atoms with Gasteiger partial charge in [0, 0.05) is 6.92 Å². The number of carbonyl (C=O) groups is 3. The van der Waals surface area contributed by atoms with Gasteiger partial charge in [-0.3, -0.25) is 19.4 Å². The zero-order valence-corrected chi connectivity index (χ0v) is 10.2. The Labute approximate surface area is 110 Å². The smallest absolute Gasteiger partial charge is 0.335 e. The molecule has 0 aliphatic carbocycles. The van der Waals surface area contributed by atoms with E-state index in [-0.39, 0.29) is 4.57 Å². The van der Waals surface area contributed by atoms with Gasteiger partial charge in [0.15, 0.2) is 0 Å². The first-order chi connectivity index (χ1) is 9.22. The molecule has 20 heavy (non-hydrogen) atoms. The average molecular weight is 287 g/mol. The summed E-state index contributed by atoms with van der Waals surface area (Å²) in [5.41, 5.74) is -2.50. The number of hydrogen-bond donors (Lipinski definition) is 3. The van der Waals surface area contributed by atoms with Crippen LogP contribution in [0.25, 0.3) is 0 Å². The van der Waals surface area contributed by atoms with E-state index >= 15 is 0 Å². The molecule has 0 radical (unpaired) electrons. The Hall–Kier alpha value is -2.78. The molecule has 0 aliphatic heterocycles. The number of carbonyl (C=O) groups excluding carboxylic acids is 2. The second-order valence-corrected chi connectivity index (χ2v) is 3.80. The topological polar surface area (TPSA) is 138 Å². The molecule has 0 spiro atoms. The van der Waals surface area contributed by atoms with Crippen LogP contribution in [-0.2, 0) is 9.59 Å². The third kappa shape index (κ3) is 3.60. The monoisotopic (exact) mass is 287 g/mol. The van der Waals surface area contributed by atoms with E-state index in [0.717, 1.165) is 6.92 Å². The van der Waals surface area contributed by atoms with Crippen molar-refractivity contribution < 1.29 is 23.9 Å². The van der Waals surface area contributed by atoms with Crippen LogP contribution in [0.15, 0.2) is 15.8 Å². The minimum absolute atomic E-state index is 0.231. The lowest BCUT2D eigenvalue weighted by molar-refractivity contribution is -0.141. The van der Waals surface area contributed by atoms with E-state index in [1.54, 1.807) is 4.98 Å². The standard InChI is InChI=1S/C10H10FN3O6/c1-4(15)12-6(9(18)19)2-7(16)14-3-5(11)8(17)13-10(14)20/h3,6H,2H2,1H3,(H,12,15)(H,18,19)(H,13,17,20). The van der Waals surface area contributed by atoms with E-state index in [1.165, 1.54) is 0 Å². The van der Waals surface area contributed by atoms with Gasteiger partial charge in [0.2, 0.25) is 17.6 Å². The fourth-order valence-corrected chi connectivity index (χ4v) is 1.35. The largest absolute Gasteiger partial charge is 0.480 e. The van der Waals surface area contributed by atoms with E-state index in [4.69, 9.17) is 5.11 Å². The van der Waals surface area contributed by atoms with Gasteiger partial charge in [0.05, 0.1) is 12.6 Å². The Bertz CT molecular complexity index is 676. The third-order valence-corrected chi connectivity index (χ3v) is 2.22. The van der Waals surface area contributed by atoms with Crippen molar-refractivity contribution in [2.75, 3.05) is 0 Å². The number of halogens is 1. The Morgan fingerprint density at radius 2 is 2.05 bits per heavy atom. The molecule has 1 rings (SSSR count). The highest BCUT2D eigenvalue weighted by Gasteiger charge is 2.23. The molecule has 9 nitrogen and oxygen atoms in total. The van der Waals surface area contributed by atoms with Crippen LogP contribution in [0.5, 0.6) is 0 Å². The molecular weight excluding hydrogens is 277 g/mol. The molecule has 3 N–H and O–H groups in total. The maximum absolute atomic E-state index is 13.0. The van der Waals surface area contributed by atoms with Gasteiger partial charge < -0.3 is 10.4 Å². The Morgan fingerprint density at radius 3 is 2.55 bits per heavy atom. The molecule has 0 saturated carbocycles. The van der Waals surface area contributed by atoms with E-state index in [2.05, 4.69) is 0 Å². The van der Waals surface area contributed by atoms with Gasteiger partial charge in [-0.05, 0) is 0 Å². The Balaban J connectivity index is 3.03. The highest BCUT2D eigenvalue weighted by atomic mass is 19.1. The molecule has 108 valence electrons. The molecule has 0 bridgehead atoms. The summed E-state index contributed by atoms with van der Waals surface area (Å²) in [6.07, 6.45) is -0.420. The first-order valence-electron chi connectivity index (χ1n) is 5.27. The van der Waals surface area contributed by atoms with Gasteiger partial charge in [-0.15, -0.1) is 0 Å². The van der Waals surface area contributed by atoms with E-state index < -0.39 is 47.3 Å². The molecule has 1 amide bonds. The summed E-state index contributed by atoms with van der Waals surface area (Å²) in [6, 6.07) is -1.57. The molecule has 10 heteroatoms. The van der Waals surface area contributed by atoms with Crippen molar-refractivity contribution in [2.24, 2.45) is 0 Å². The summed E-state index contributed by atoms with van der Waals surface area (Å²) in [6.45, 7) is 1.05. The quantitative estimate of drug-likeness (QED) is 0.603. The molecule has 1 heterocycles. The number of H-pyrrole nitrogens is 1. The molecule has 0 fully saturated rings. The lowest BCUT2D eigenvalue weighted by atomic mass is 10.2. The second kappa shape index (κ2) is 5.91. The predicted octanol–water partition coefficient (Wildman–Crippen LogP) is -1.70. The Kier molecular flexibility index (Phi) is 4.51. The van der Waals surface area contributed by atoms with Crippen molar-refractivity contribution in [1.82, 2.24) is 14.9 Å². The van der Waals surface area contributed by atoms with Gasteiger partial charge in [0.25, 0.3) is 5.56 Å². The van der Waals surface area contributed by atoms with Crippen molar-refractivity contribution in [1.29, 1.82) is 0 Å². The molecule has 1 aromatic rings. The molecule has 0 aliphatic rings. The van der Waals surface area contributed by atoms with Crippen LogP contribution in [0.4, 0.5) is 4.39 Å². The van der Waals surface area contributed by atoms with Gasteiger partial charge in [-0.25, -0.2) is 14.2 Å². The number of carboxylic acid groups (broad SMARTS) is 1.